The van der Waals surface area contributed by atoms with E-state index < -0.39 is 12.4 Å². The van der Waals surface area contributed by atoms with Crippen molar-refractivity contribution in [3.8, 4) is 11.5 Å². The Labute approximate surface area is 137 Å². The van der Waals surface area contributed by atoms with Gasteiger partial charge in [0.1, 0.15) is 12.4 Å². The van der Waals surface area contributed by atoms with Gasteiger partial charge < -0.3 is 14.4 Å². The molecule has 1 amide bonds. The van der Waals surface area contributed by atoms with Crippen molar-refractivity contribution in [1.29, 1.82) is 0 Å². The second-order valence-corrected chi connectivity index (χ2v) is 4.91. The lowest BCUT2D eigenvalue weighted by atomic mass is 10.2. The molecule has 2 rings (SSSR count). The quantitative estimate of drug-likeness (QED) is 0.774. The molecule has 0 bridgehead atoms. The van der Waals surface area contributed by atoms with E-state index in [9.17, 15) is 18.0 Å². The topological polar surface area (TPSA) is 38.8 Å². The highest BCUT2D eigenvalue weighted by Crippen LogP contribution is 2.17. The third kappa shape index (κ3) is 4.91. The summed E-state index contributed by atoms with van der Waals surface area (Å²) >= 11 is 0. The number of ether oxygens (including phenoxy) is 2. The summed E-state index contributed by atoms with van der Waals surface area (Å²) in [6.07, 6.45) is 0. The van der Waals surface area contributed by atoms with E-state index >= 15 is 0 Å². The number of benzene rings is 2. The van der Waals surface area contributed by atoms with Crippen LogP contribution in [0.15, 0.2) is 48.5 Å². The van der Waals surface area contributed by atoms with Gasteiger partial charge in [0.2, 0.25) is 0 Å². The Bertz CT molecular complexity index is 677. The molecule has 0 unspecified atom stereocenters. The minimum Gasteiger partial charge on any atom is -0.489 e. The number of alkyl halides is 2. The molecular formula is C17H16F3NO3. The van der Waals surface area contributed by atoms with Gasteiger partial charge in [-0.05, 0) is 36.4 Å². The molecule has 0 heterocycles. The van der Waals surface area contributed by atoms with Gasteiger partial charge in [0.15, 0.2) is 11.6 Å². The van der Waals surface area contributed by atoms with Crippen LogP contribution in [0.2, 0.25) is 0 Å². The Morgan fingerprint density at radius 1 is 1.12 bits per heavy atom. The Hall–Kier alpha value is -2.70. The van der Waals surface area contributed by atoms with E-state index in [0.717, 1.165) is 0 Å². The predicted molar refractivity (Wildman–Crippen MR) is 81.9 cm³/mol. The average Bonchev–Trinajstić information content (AvgIpc) is 2.56. The van der Waals surface area contributed by atoms with Crippen molar-refractivity contribution in [3.63, 3.8) is 0 Å². The summed E-state index contributed by atoms with van der Waals surface area (Å²) in [6, 6.07) is 11.4. The fraction of sp³-hybridized carbons (Fsp3) is 0.235. The van der Waals surface area contributed by atoms with E-state index in [1.807, 2.05) is 0 Å². The molecule has 24 heavy (non-hydrogen) atoms. The fourth-order valence-electron chi connectivity index (χ4n) is 1.96. The van der Waals surface area contributed by atoms with Gasteiger partial charge in [-0.3, -0.25) is 4.79 Å². The Kier molecular flexibility index (Phi) is 6.06. The Morgan fingerprint density at radius 3 is 2.42 bits per heavy atom. The van der Waals surface area contributed by atoms with Crippen LogP contribution in [0.1, 0.15) is 10.4 Å². The largest absolute Gasteiger partial charge is 0.489 e. The summed E-state index contributed by atoms with van der Waals surface area (Å²) in [6.45, 7) is -2.55. The van der Waals surface area contributed by atoms with Gasteiger partial charge in [-0.15, -0.1) is 0 Å². The summed E-state index contributed by atoms with van der Waals surface area (Å²) in [7, 11) is 1.57. The molecule has 0 saturated carbocycles. The molecule has 0 fully saturated rings. The van der Waals surface area contributed by atoms with Crippen LogP contribution in [-0.4, -0.2) is 37.6 Å². The average molecular weight is 339 g/mol. The number of amides is 1. The molecule has 2 aromatic carbocycles. The van der Waals surface area contributed by atoms with Crippen molar-refractivity contribution in [3.05, 3.63) is 59.9 Å². The second kappa shape index (κ2) is 8.24. The maximum atomic E-state index is 13.4. The number of hydrogen-bond donors (Lipinski definition) is 0. The van der Waals surface area contributed by atoms with E-state index in [2.05, 4.69) is 4.74 Å². The fourth-order valence-corrected chi connectivity index (χ4v) is 1.96. The lowest BCUT2D eigenvalue weighted by Crippen LogP contribution is -2.30. The highest BCUT2D eigenvalue weighted by Gasteiger charge is 2.13. The maximum Gasteiger partial charge on any atom is 0.387 e. The number of nitrogens with zero attached hydrogens (tertiary/aromatic N) is 1. The van der Waals surface area contributed by atoms with Gasteiger partial charge in [-0.25, -0.2) is 4.39 Å². The number of likely N-dealkylation sites (N-methyl/N-ethyl adjacent to an activating group) is 1. The molecule has 0 radical (unpaired) electrons. The van der Waals surface area contributed by atoms with Crippen molar-refractivity contribution >= 4 is 5.91 Å². The van der Waals surface area contributed by atoms with Crippen LogP contribution in [0.5, 0.6) is 11.5 Å². The first kappa shape index (κ1) is 17.7. The highest BCUT2D eigenvalue weighted by atomic mass is 19.3. The molecule has 0 atom stereocenters. The van der Waals surface area contributed by atoms with Crippen LogP contribution < -0.4 is 9.47 Å². The summed E-state index contributed by atoms with van der Waals surface area (Å²) in [5.41, 5.74) is 0.324. The standard InChI is InChI=1S/C17H16F3NO3/c1-21(10-11-23-15-5-3-2-4-14(15)18)16(22)12-6-8-13(9-7-12)24-17(19)20/h2-9,17H,10-11H2,1H3. The molecule has 0 aliphatic rings. The highest BCUT2D eigenvalue weighted by molar-refractivity contribution is 5.94. The third-order valence-electron chi connectivity index (χ3n) is 3.19. The van der Waals surface area contributed by atoms with Crippen LogP contribution >= 0.6 is 0 Å². The minimum absolute atomic E-state index is 0.0212. The van der Waals surface area contributed by atoms with E-state index in [1.165, 1.54) is 41.3 Å². The van der Waals surface area contributed by atoms with Crippen molar-refractivity contribution in [2.75, 3.05) is 20.2 Å². The van der Waals surface area contributed by atoms with Crippen LogP contribution in [0.25, 0.3) is 0 Å². The van der Waals surface area contributed by atoms with Gasteiger partial charge in [0, 0.05) is 12.6 Å². The van der Waals surface area contributed by atoms with Crippen molar-refractivity contribution in [1.82, 2.24) is 4.90 Å². The van der Waals surface area contributed by atoms with E-state index in [4.69, 9.17) is 4.74 Å². The zero-order valence-corrected chi connectivity index (χ0v) is 12.9. The third-order valence-corrected chi connectivity index (χ3v) is 3.19. The lowest BCUT2D eigenvalue weighted by molar-refractivity contribution is -0.0498. The molecule has 0 spiro atoms. The van der Waals surface area contributed by atoms with E-state index in [0.29, 0.717) is 5.56 Å². The first-order valence-corrected chi connectivity index (χ1v) is 7.15. The number of carbonyl (C=O) groups is 1. The predicted octanol–water partition coefficient (Wildman–Crippen LogP) is 3.58. The number of halogens is 3. The zero-order valence-electron chi connectivity index (χ0n) is 12.9. The molecule has 0 aromatic heterocycles. The van der Waals surface area contributed by atoms with Crippen LogP contribution in [0.3, 0.4) is 0 Å². The summed E-state index contributed by atoms with van der Waals surface area (Å²) in [5.74, 6) is -0.684. The normalized spacial score (nSPS) is 10.5. The zero-order chi connectivity index (χ0) is 17.5. The van der Waals surface area contributed by atoms with Gasteiger partial charge in [0.05, 0.1) is 6.54 Å². The van der Waals surface area contributed by atoms with E-state index in [-0.39, 0.29) is 30.6 Å². The molecule has 4 nitrogen and oxygen atoms in total. The van der Waals surface area contributed by atoms with Crippen molar-refractivity contribution in [2.24, 2.45) is 0 Å². The van der Waals surface area contributed by atoms with Crippen molar-refractivity contribution < 1.29 is 27.4 Å². The molecule has 0 aliphatic carbocycles. The second-order valence-electron chi connectivity index (χ2n) is 4.91. The van der Waals surface area contributed by atoms with Gasteiger partial charge in [-0.2, -0.15) is 8.78 Å². The Balaban J connectivity index is 1.86. The van der Waals surface area contributed by atoms with Gasteiger partial charge in [-0.1, -0.05) is 12.1 Å². The Morgan fingerprint density at radius 2 is 1.79 bits per heavy atom. The van der Waals surface area contributed by atoms with Crippen LogP contribution in [0, 0.1) is 5.82 Å². The molecule has 0 aliphatic heterocycles. The molecule has 0 N–H and O–H groups in total. The van der Waals surface area contributed by atoms with Crippen LogP contribution in [0.4, 0.5) is 13.2 Å². The maximum absolute atomic E-state index is 13.4. The summed E-state index contributed by atoms with van der Waals surface area (Å²) in [4.78, 5) is 13.6. The number of para-hydroxylation sites is 1. The number of hydrogen-bond acceptors (Lipinski definition) is 3. The number of rotatable bonds is 7. The number of carbonyl (C=O) groups excluding carboxylic acids is 1. The van der Waals surface area contributed by atoms with E-state index in [1.54, 1.807) is 19.2 Å². The summed E-state index contributed by atoms with van der Waals surface area (Å²) in [5, 5.41) is 0. The molecule has 0 saturated heterocycles. The minimum atomic E-state index is -2.91. The lowest BCUT2D eigenvalue weighted by Gasteiger charge is -2.18. The van der Waals surface area contributed by atoms with Crippen molar-refractivity contribution in [2.45, 2.75) is 6.61 Å². The monoisotopic (exact) mass is 339 g/mol. The molecular weight excluding hydrogens is 323 g/mol. The van der Waals surface area contributed by atoms with Crippen LogP contribution in [-0.2, 0) is 0 Å². The molecule has 2 aromatic rings. The summed E-state index contributed by atoms with van der Waals surface area (Å²) < 4.78 is 47.1. The first-order valence-electron chi connectivity index (χ1n) is 7.15. The van der Waals surface area contributed by atoms with Gasteiger partial charge in [0.25, 0.3) is 5.91 Å². The SMILES string of the molecule is CN(CCOc1ccccc1F)C(=O)c1ccc(OC(F)F)cc1. The smallest absolute Gasteiger partial charge is 0.387 e. The van der Waals surface area contributed by atoms with Gasteiger partial charge >= 0.3 is 6.61 Å². The molecule has 128 valence electrons. The first-order chi connectivity index (χ1) is 11.5. The molecule has 7 heteroatoms.